The molecule has 0 unspecified atom stereocenters. The third kappa shape index (κ3) is 1.64. The lowest BCUT2D eigenvalue weighted by Gasteiger charge is -2.36. The Kier molecular flexibility index (Phi) is 2.27. The summed E-state index contributed by atoms with van der Waals surface area (Å²) in [6, 6.07) is 0. The van der Waals surface area contributed by atoms with Gasteiger partial charge in [0.25, 0.3) is 0 Å². The molecule has 0 spiro atoms. The van der Waals surface area contributed by atoms with Crippen molar-refractivity contribution in [2.75, 3.05) is 13.1 Å². The molecule has 2 aliphatic carbocycles. The average Bonchev–Trinajstić information content (AvgIpc) is 2.91. The number of nitrogens with two attached hydrogens (primary N) is 1. The highest BCUT2D eigenvalue weighted by molar-refractivity contribution is 5.85. The number of carbonyl (C=O) groups excluding carboxylic acids is 1. The molecule has 0 aliphatic heterocycles. The van der Waals surface area contributed by atoms with Crippen molar-refractivity contribution >= 4 is 5.91 Å². The van der Waals surface area contributed by atoms with Crippen LogP contribution in [-0.4, -0.2) is 29.7 Å². The molecule has 0 heterocycles. The highest BCUT2D eigenvalue weighted by atomic mass is 16.3. The lowest BCUT2D eigenvalue weighted by Crippen LogP contribution is -2.50. The predicted molar refractivity (Wildman–Crippen MR) is 52.5 cm³/mol. The SMILES string of the molecule is NCC1(C(=O)NCC2(O)CCC2)CC1. The van der Waals surface area contributed by atoms with Gasteiger partial charge in [-0.3, -0.25) is 4.79 Å². The molecule has 2 aliphatic rings. The smallest absolute Gasteiger partial charge is 0.227 e. The van der Waals surface area contributed by atoms with E-state index in [2.05, 4.69) is 5.32 Å². The van der Waals surface area contributed by atoms with Crippen molar-refractivity contribution in [3.8, 4) is 0 Å². The summed E-state index contributed by atoms with van der Waals surface area (Å²) in [7, 11) is 0. The van der Waals surface area contributed by atoms with E-state index < -0.39 is 5.60 Å². The lowest BCUT2D eigenvalue weighted by molar-refractivity contribution is -0.128. The third-order valence-corrected chi connectivity index (χ3v) is 3.59. The number of hydrogen-bond donors (Lipinski definition) is 3. The standard InChI is InChI=1S/C10H18N2O2/c11-6-9(4-5-9)8(13)12-7-10(14)2-1-3-10/h14H,1-7,11H2,(H,12,13). The molecule has 0 saturated heterocycles. The van der Waals surface area contributed by atoms with Gasteiger partial charge in [-0.15, -0.1) is 0 Å². The van der Waals surface area contributed by atoms with Crippen LogP contribution in [-0.2, 0) is 4.79 Å². The van der Waals surface area contributed by atoms with E-state index in [1.165, 1.54) is 0 Å². The molecule has 4 nitrogen and oxygen atoms in total. The molecule has 0 aromatic rings. The second-order valence-corrected chi connectivity index (χ2v) is 4.75. The van der Waals surface area contributed by atoms with Gasteiger partial charge in [-0.25, -0.2) is 0 Å². The van der Waals surface area contributed by atoms with Crippen LogP contribution in [0.25, 0.3) is 0 Å². The molecular formula is C10H18N2O2. The minimum absolute atomic E-state index is 0.0281. The highest BCUT2D eigenvalue weighted by Crippen LogP contribution is 2.44. The number of aliphatic hydroxyl groups is 1. The second-order valence-electron chi connectivity index (χ2n) is 4.75. The Hall–Kier alpha value is -0.610. The van der Waals surface area contributed by atoms with Crippen molar-refractivity contribution < 1.29 is 9.90 Å². The highest BCUT2D eigenvalue weighted by Gasteiger charge is 2.49. The quantitative estimate of drug-likeness (QED) is 0.583. The van der Waals surface area contributed by atoms with Crippen LogP contribution < -0.4 is 11.1 Å². The Labute approximate surface area is 83.9 Å². The van der Waals surface area contributed by atoms with Gasteiger partial charge in [0.1, 0.15) is 0 Å². The van der Waals surface area contributed by atoms with Crippen LogP contribution in [0.5, 0.6) is 0 Å². The number of nitrogens with one attached hydrogen (secondary N) is 1. The molecule has 0 aromatic heterocycles. The Morgan fingerprint density at radius 1 is 1.36 bits per heavy atom. The van der Waals surface area contributed by atoms with E-state index >= 15 is 0 Å². The minimum atomic E-state index is -0.625. The van der Waals surface area contributed by atoms with Crippen molar-refractivity contribution in [1.82, 2.24) is 5.32 Å². The van der Waals surface area contributed by atoms with Gasteiger partial charge in [0.15, 0.2) is 0 Å². The van der Waals surface area contributed by atoms with Crippen molar-refractivity contribution in [3.63, 3.8) is 0 Å². The van der Waals surface area contributed by atoms with E-state index in [-0.39, 0.29) is 11.3 Å². The zero-order valence-corrected chi connectivity index (χ0v) is 8.38. The van der Waals surface area contributed by atoms with Crippen LogP contribution in [0.2, 0.25) is 0 Å². The summed E-state index contributed by atoms with van der Waals surface area (Å²) in [4.78, 5) is 11.6. The fourth-order valence-corrected chi connectivity index (χ4v) is 1.87. The van der Waals surface area contributed by atoms with E-state index in [0.29, 0.717) is 13.1 Å². The largest absolute Gasteiger partial charge is 0.388 e. The summed E-state index contributed by atoms with van der Waals surface area (Å²) in [5, 5.41) is 12.6. The van der Waals surface area contributed by atoms with Crippen LogP contribution in [0.4, 0.5) is 0 Å². The van der Waals surface area contributed by atoms with Gasteiger partial charge in [-0.1, -0.05) is 0 Å². The van der Waals surface area contributed by atoms with E-state index in [4.69, 9.17) is 5.73 Å². The summed E-state index contributed by atoms with van der Waals surface area (Å²) < 4.78 is 0. The van der Waals surface area contributed by atoms with E-state index in [1.54, 1.807) is 0 Å². The van der Waals surface area contributed by atoms with Crippen LogP contribution in [0.3, 0.4) is 0 Å². The molecule has 14 heavy (non-hydrogen) atoms. The van der Waals surface area contributed by atoms with E-state index in [1.807, 2.05) is 0 Å². The molecule has 2 saturated carbocycles. The maximum absolute atomic E-state index is 11.6. The number of amides is 1. The zero-order valence-electron chi connectivity index (χ0n) is 8.38. The molecular weight excluding hydrogens is 180 g/mol. The van der Waals surface area contributed by atoms with Crippen LogP contribution in [0.1, 0.15) is 32.1 Å². The molecule has 0 aromatic carbocycles. The Morgan fingerprint density at radius 2 is 2.00 bits per heavy atom. The van der Waals surface area contributed by atoms with Gasteiger partial charge >= 0.3 is 0 Å². The van der Waals surface area contributed by atoms with Crippen molar-refractivity contribution in [1.29, 1.82) is 0 Å². The Morgan fingerprint density at radius 3 is 2.36 bits per heavy atom. The molecule has 2 rings (SSSR count). The first-order valence-electron chi connectivity index (χ1n) is 5.31. The van der Waals surface area contributed by atoms with E-state index in [0.717, 1.165) is 32.1 Å². The molecule has 80 valence electrons. The van der Waals surface area contributed by atoms with Crippen LogP contribution in [0, 0.1) is 5.41 Å². The minimum Gasteiger partial charge on any atom is -0.388 e. The van der Waals surface area contributed by atoms with E-state index in [9.17, 15) is 9.90 Å². The van der Waals surface area contributed by atoms with Gasteiger partial charge < -0.3 is 16.2 Å². The summed E-state index contributed by atoms with van der Waals surface area (Å²) in [6.45, 7) is 0.824. The van der Waals surface area contributed by atoms with Crippen LogP contribution in [0.15, 0.2) is 0 Å². The van der Waals surface area contributed by atoms with Gasteiger partial charge in [0.2, 0.25) is 5.91 Å². The number of hydrogen-bond acceptors (Lipinski definition) is 3. The number of rotatable bonds is 4. The van der Waals surface area contributed by atoms with Gasteiger partial charge in [-0.05, 0) is 32.1 Å². The van der Waals surface area contributed by atoms with Crippen molar-refractivity contribution in [2.24, 2.45) is 11.1 Å². The van der Waals surface area contributed by atoms with Gasteiger partial charge in [-0.2, -0.15) is 0 Å². The molecule has 0 radical (unpaired) electrons. The summed E-state index contributed by atoms with van der Waals surface area (Å²) in [6.07, 6.45) is 4.47. The maximum Gasteiger partial charge on any atom is 0.227 e. The van der Waals surface area contributed by atoms with Crippen molar-refractivity contribution in [2.45, 2.75) is 37.7 Å². The first-order chi connectivity index (χ1) is 6.60. The Balaban J connectivity index is 1.78. The zero-order chi connectivity index (χ0) is 10.2. The normalized spacial score (nSPS) is 26.4. The summed E-state index contributed by atoms with van der Waals surface area (Å²) in [5.74, 6) is 0.0281. The first-order valence-corrected chi connectivity index (χ1v) is 5.31. The van der Waals surface area contributed by atoms with Gasteiger partial charge in [0, 0.05) is 13.1 Å². The first kappa shape index (κ1) is 9.93. The Bertz CT molecular complexity index is 245. The third-order valence-electron chi connectivity index (χ3n) is 3.59. The fraction of sp³-hybridized carbons (Fsp3) is 0.900. The summed E-state index contributed by atoms with van der Waals surface area (Å²) in [5.41, 5.74) is 4.62. The lowest BCUT2D eigenvalue weighted by atomic mass is 9.80. The summed E-state index contributed by atoms with van der Waals surface area (Å²) >= 11 is 0. The average molecular weight is 198 g/mol. The maximum atomic E-state index is 11.6. The molecule has 0 atom stereocenters. The fourth-order valence-electron chi connectivity index (χ4n) is 1.87. The predicted octanol–water partition coefficient (Wildman–Crippen LogP) is -0.244. The molecule has 2 fully saturated rings. The van der Waals surface area contributed by atoms with Gasteiger partial charge in [0.05, 0.1) is 11.0 Å². The molecule has 1 amide bonds. The monoisotopic (exact) mass is 198 g/mol. The molecule has 4 N–H and O–H groups in total. The second kappa shape index (κ2) is 3.21. The van der Waals surface area contributed by atoms with Crippen LogP contribution >= 0.6 is 0 Å². The molecule has 4 heteroatoms. The van der Waals surface area contributed by atoms with Crippen molar-refractivity contribution in [3.05, 3.63) is 0 Å². The molecule has 0 bridgehead atoms. The number of carbonyl (C=O) groups is 1. The topological polar surface area (TPSA) is 75.4 Å².